The zero-order chi connectivity index (χ0) is 13.0. The maximum atomic E-state index is 5.95. The van der Waals surface area contributed by atoms with Crippen LogP contribution in [0.1, 0.15) is 26.7 Å². The Bertz CT molecular complexity index is 249. The second kappa shape index (κ2) is 6.45. The second-order valence-electron chi connectivity index (χ2n) is 5.11. The quantitative estimate of drug-likeness (QED) is 0.401. The van der Waals surface area contributed by atoms with Gasteiger partial charge in [0.1, 0.15) is 6.10 Å². The van der Waals surface area contributed by atoms with E-state index in [0.29, 0.717) is 19.3 Å². The molecule has 0 radical (unpaired) electrons. The molecule has 2 aliphatic heterocycles. The first-order chi connectivity index (χ1) is 8.63. The molecule has 5 nitrogen and oxygen atoms in total. The molecule has 0 saturated carbocycles. The predicted octanol–water partition coefficient (Wildman–Crippen LogP) is 1.59. The van der Waals surface area contributed by atoms with Crippen molar-refractivity contribution in [3.05, 3.63) is 0 Å². The van der Waals surface area contributed by atoms with Crippen LogP contribution in [0.5, 0.6) is 0 Å². The zero-order valence-corrected chi connectivity index (χ0v) is 12.5. The lowest BCUT2D eigenvalue weighted by Gasteiger charge is -2.39. The molecule has 18 heavy (non-hydrogen) atoms. The molecule has 3 unspecified atom stereocenters. The van der Waals surface area contributed by atoms with E-state index in [1.165, 1.54) is 0 Å². The van der Waals surface area contributed by atoms with E-state index in [2.05, 4.69) is 13.8 Å². The van der Waals surface area contributed by atoms with Crippen LogP contribution in [0.25, 0.3) is 0 Å². The van der Waals surface area contributed by atoms with Crippen LogP contribution in [-0.2, 0) is 22.8 Å². The minimum absolute atomic E-state index is 0.223. The van der Waals surface area contributed by atoms with Crippen LogP contribution < -0.4 is 0 Å². The fourth-order valence-corrected chi connectivity index (χ4v) is 4.97. The summed E-state index contributed by atoms with van der Waals surface area (Å²) in [6.45, 7) is 6.43. The summed E-state index contributed by atoms with van der Waals surface area (Å²) in [4.78, 5) is 0. The standard InChI is InChI=1S/C12H24O5Si/c1-10-7-11(2)17-18(13-3,16-10)6-4-5-14-8-12-9-15-12/h10-12H,4-9H2,1-3H3. The summed E-state index contributed by atoms with van der Waals surface area (Å²) < 4.78 is 28.1. The molecular formula is C12H24O5Si. The molecule has 0 amide bonds. The number of hydrogen-bond donors (Lipinski definition) is 0. The summed E-state index contributed by atoms with van der Waals surface area (Å²) in [7, 11) is -0.765. The van der Waals surface area contributed by atoms with Gasteiger partial charge in [-0.2, -0.15) is 0 Å². The number of rotatable bonds is 7. The number of ether oxygens (including phenoxy) is 2. The van der Waals surface area contributed by atoms with Crippen LogP contribution in [0, 0.1) is 0 Å². The summed E-state index contributed by atoms with van der Waals surface area (Å²) in [5.74, 6) is 0. The van der Waals surface area contributed by atoms with E-state index in [1.807, 2.05) is 0 Å². The molecule has 0 spiro atoms. The van der Waals surface area contributed by atoms with Gasteiger partial charge in [0, 0.05) is 32.0 Å². The van der Waals surface area contributed by atoms with Gasteiger partial charge in [-0.1, -0.05) is 0 Å². The van der Waals surface area contributed by atoms with Gasteiger partial charge in [0.15, 0.2) is 0 Å². The van der Waals surface area contributed by atoms with Crippen molar-refractivity contribution in [3.8, 4) is 0 Å². The Morgan fingerprint density at radius 1 is 1.22 bits per heavy atom. The van der Waals surface area contributed by atoms with Crippen molar-refractivity contribution in [2.24, 2.45) is 0 Å². The van der Waals surface area contributed by atoms with Crippen molar-refractivity contribution < 1.29 is 22.8 Å². The van der Waals surface area contributed by atoms with E-state index in [4.69, 9.17) is 22.8 Å². The van der Waals surface area contributed by atoms with Crippen molar-refractivity contribution in [3.63, 3.8) is 0 Å². The highest BCUT2D eigenvalue weighted by molar-refractivity contribution is 6.60. The largest absolute Gasteiger partial charge is 0.501 e. The third-order valence-electron chi connectivity index (χ3n) is 3.21. The first kappa shape index (κ1) is 14.4. The van der Waals surface area contributed by atoms with Crippen molar-refractivity contribution in [2.75, 3.05) is 26.9 Å². The summed E-state index contributed by atoms with van der Waals surface area (Å²) in [5.41, 5.74) is 0. The molecule has 2 aliphatic rings. The topological polar surface area (TPSA) is 49.5 Å². The SMILES string of the molecule is CO[Si]1(CCCOCC2CO2)OC(C)CC(C)O1. The first-order valence-electron chi connectivity index (χ1n) is 6.74. The van der Waals surface area contributed by atoms with Crippen molar-refractivity contribution in [2.45, 2.75) is 51.0 Å². The van der Waals surface area contributed by atoms with E-state index in [9.17, 15) is 0 Å². The van der Waals surface area contributed by atoms with Crippen LogP contribution in [-0.4, -0.2) is 54.0 Å². The Balaban J connectivity index is 1.68. The van der Waals surface area contributed by atoms with Gasteiger partial charge < -0.3 is 22.8 Å². The van der Waals surface area contributed by atoms with E-state index in [0.717, 1.165) is 25.5 Å². The number of epoxide rings is 1. The predicted molar refractivity (Wildman–Crippen MR) is 68.5 cm³/mol. The summed E-state index contributed by atoms with van der Waals surface area (Å²) >= 11 is 0. The Hall–Kier alpha value is 0.0169. The van der Waals surface area contributed by atoms with Crippen molar-refractivity contribution >= 4 is 8.80 Å². The normalized spacial score (nSPS) is 39.8. The van der Waals surface area contributed by atoms with Crippen LogP contribution in [0.3, 0.4) is 0 Å². The highest BCUT2D eigenvalue weighted by Gasteiger charge is 2.46. The lowest BCUT2D eigenvalue weighted by Crippen LogP contribution is -2.53. The fraction of sp³-hybridized carbons (Fsp3) is 1.00. The van der Waals surface area contributed by atoms with Crippen LogP contribution in [0.4, 0.5) is 0 Å². The first-order valence-corrected chi connectivity index (χ1v) is 8.67. The van der Waals surface area contributed by atoms with Gasteiger partial charge in [-0.3, -0.25) is 0 Å². The molecule has 2 rings (SSSR count). The maximum Gasteiger partial charge on any atom is 0.501 e. The van der Waals surface area contributed by atoms with Gasteiger partial charge in [-0.15, -0.1) is 0 Å². The molecule has 2 saturated heterocycles. The summed E-state index contributed by atoms with van der Waals surface area (Å²) in [6.07, 6.45) is 2.63. The summed E-state index contributed by atoms with van der Waals surface area (Å²) in [5, 5.41) is 0. The van der Waals surface area contributed by atoms with E-state index < -0.39 is 8.80 Å². The molecule has 0 aromatic carbocycles. The van der Waals surface area contributed by atoms with Gasteiger partial charge in [-0.25, -0.2) is 0 Å². The Morgan fingerprint density at radius 3 is 2.44 bits per heavy atom. The lowest BCUT2D eigenvalue weighted by molar-refractivity contribution is -0.0381. The molecule has 0 aliphatic carbocycles. The molecule has 0 aromatic heterocycles. The van der Waals surface area contributed by atoms with Crippen LogP contribution in [0.2, 0.25) is 6.04 Å². The zero-order valence-electron chi connectivity index (χ0n) is 11.5. The van der Waals surface area contributed by atoms with Gasteiger partial charge in [0.05, 0.1) is 13.2 Å². The highest BCUT2D eigenvalue weighted by Crippen LogP contribution is 2.28. The van der Waals surface area contributed by atoms with Crippen molar-refractivity contribution in [1.82, 2.24) is 0 Å². The molecule has 0 aromatic rings. The Kier molecular flexibility index (Phi) is 5.17. The maximum absolute atomic E-state index is 5.95. The minimum atomic E-state index is -2.46. The smallest absolute Gasteiger partial charge is 0.379 e. The van der Waals surface area contributed by atoms with E-state index in [1.54, 1.807) is 7.11 Å². The van der Waals surface area contributed by atoms with Crippen molar-refractivity contribution in [1.29, 1.82) is 0 Å². The minimum Gasteiger partial charge on any atom is -0.379 e. The number of hydrogen-bond acceptors (Lipinski definition) is 5. The van der Waals surface area contributed by atoms with E-state index in [-0.39, 0.29) is 12.2 Å². The van der Waals surface area contributed by atoms with Crippen LogP contribution >= 0.6 is 0 Å². The molecule has 6 heteroatoms. The molecule has 3 atom stereocenters. The van der Waals surface area contributed by atoms with E-state index >= 15 is 0 Å². The van der Waals surface area contributed by atoms with Crippen LogP contribution in [0.15, 0.2) is 0 Å². The molecule has 0 N–H and O–H groups in total. The monoisotopic (exact) mass is 276 g/mol. The summed E-state index contributed by atoms with van der Waals surface area (Å²) in [6, 6.07) is 0.823. The lowest BCUT2D eigenvalue weighted by atomic mass is 10.2. The van der Waals surface area contributed by atoms with Gasteiger partial charge in [-0.05, 0) is 26.7 Å². The third-order valence-corrected chi connectivity index (χ3v) is 6.33. The van der Waals surface area contributed by atoms with Gasteiger partial charge in [0.25, 0.3) is 0 Å². The average molecular weight is 276 g/mol. The Labute approximate surface area is 110 Å². The average Bonchev–Trinajstić information content (AvgIpc) is 3.11. The molecule has 0 bridgehead atoms. The van der Waals surface area contributed by atoms with Gasteiger partial charge >= 0.3 is 8.80 Å². The molecule has 2 fully saturated rings. The molecular weight excluding hydrogens is 252 g/mol. The van der Waals surface area contributed by atoms with Gasteiger partial charge in [0.2, 0.25) is 0 Å². The Morgan fingerprint density at radius 2 is 1.89 bits per heavy atom. The molecule has 106 valence electrons. The fourth-order valence-electron chi connectivity index (χ4n) is 2.29. The second-order valence-corrected chi connectivity index (χ2v) is 7.86. The molecule has 2 heterocycles. The highest BCUT2D eigenvalue weighted by atomic mass is 28.4. The third kappa shape index (κ3) is 4.29.